The molecule has 2 aromatic rings. The standard InChI is InChI=1S/C28H36F3N7O4/c1-26(2,3)42-25(41)36-10-12-38(27(4,5)15-36)24(40)35-9-11-37-20-13-19(17-7-6-8-18(29)21(17)39)33-34-22(20)32-14-28(37,16-35)23(30)31/h6-8,13,23,39H,9-12,14-16H2,1-5H3,(H,32,34). The number of urea groups is 1. The molecule has 3 amide bonds. The molecule has 0 bridgehead atoms. The first-order valence-corrected chi connectivity index (χ1v) is 13.8. The molecule has 0 radical (unpaired) electrons. The minimum absolute atomic E-state index is 0.0834. The van der Waals surface area contributed by atoms with Gasteiger partial charge in [-0.05, 0) is 52.8 Å². The first kappa shape index (κ1) is 29.5. The minimum Gasteiger partial charge on any atom is -0.504 e. The van der Waals surface area contributed by atoms with Gasteiger partial charge in [-0.15, -0.1) is 10.2 Å². The molecule has 4 heterocycles. The molecule has 0 saturated carbocycles. The Morgan fingerprint density at radius 2 is 1.79 bits per heavy atom. The van der Waals surface area contributed by atoms with E-state index in [-0.39, 0.29) is 68.9 Å². The number of rotatable bonds is 2. The molecule has 2 N–H and O–H groups in total. The molecule has 5 rings (SSSR count). The summed E-state index contributed by atoms with van der Waals surface area (Å²) in [6.07, 6.45) is -3.31. The number of nitrogens with one attached hydrogen (secondary N) is 1. The maximum atomic E-state index is 15.0. The van der Waals surface area contributed by atoms with Gasteiger partial charge in [-0.2, -0.15) is 0 Å². The van der Waals surface area contributed by atoms with Crippen LogP contribution in [0.2, 0.25) is 0 Å². The van der Waals surface area contributed by atoms with Crippen LogP contribution in [0, 0.1) is 5.82 Å². The molecular weight excluding hydrogens is 555 g/mol. The summed E-state index contributed by atoms with van der Waals surface area (Å²) in [5.74, 6) is -1.17. The van der Waals surface area contributed by atoms with Gasteiger partial charge in [0.1, 0.15) is 11.1 Å². The predicted molar refractivity (Wildman–Crippen MR) is 149 cm³/mol. The number of aromatic hydroxyl groups is 1. The molecule has 3 aliphatic rings. The van der Waals surface area contributed by atoms with Gasteiger partial charge in [-0.3, -0.25) is 0 Å². The number of phenols is 1. The number of anilines is 2. The van der Waals surface area contributed by atoms with Gasteiger partial charge in [0, 0.05) is 44.8 Å². The number of amides is 3. The van der Waals surface area contributed by atoms with Gasteiger partial charge in [-0.1, -0.05) is 6.07 Å². The molecule has 14 heteroatoms. The number of para-hydroxylation sites is 1. The Kier molecular flexibility index (Phi) is 7.30. The molecule has 2 fully saturated rings. The van der Waals surface area contributed by atoms with E-state index in [1.165, 1.54) is 28.0 Å². The Morgan fingerprint density at radius 1 is 1.07 bits per heavy atom. The number of nitrogens with zero attached hydrogens (tertiary/aromatic N) is 6. The number of halogens is 3. The average molecular weight is 592 g/mol. The van der Waals surface area contributed by atoms with Crippen molar-refractivity contribution in [3.05, 3.63) is 30.1 Å². The van der Waals surface area contributed by atoms with Crippen molar-refractivity contribution in [1.82, 2.24) is 24.9 Å². The maximum Gasteiger partial charge on any atom is 0.410 e. The van der Waals surface area contributed by atoms with Crippen LogP contribution >= 0.6 is 0 Å². The Labute approximate surface area is 242 Å². The normalized spacial score (nSPS) is 21.9. The average Bonchev–Trinajstić information content (AvgIpc) is 2.92. The lowest BCUT2D eigenvalue weighted by atomic mass is 9.90. The molecule has 0 aliphatic carbocycles. The van der Waals surface area contributed by atoms with E-state index in [2.05, 4.69) is 15.5 Å². The first-order valence-electron chi connectivity index (χ1n) is 13.8. The molecule has 1 aromatic carbocycles. The molecule has 2 saturated heterocycles. The highest BCUT2D eigenvalue weighted by molar-refractivity contribution is 5.80. The molecule has 228 valence electrons. The second kappa shape index (κ2) is 10.4. The van der Waals surface area contributed by atoms with E-state index in [1.54, 1.807) is 30.6 Å². The third-order valence-electron chi connectivity index (χ3n) is 7.95. The lowest BCUT2D eigenvalue weighted by Crippen LogP contribution is -2.73. The number of hydrogen-bond donors (Lipinski definition) is 2. The lowest BCUT2D eigenvalue weighted by molar-refractivity contribution is -0.0155. The van der Waals surface area contributed by atoms with Gasteiger partial charge in [0.05, 0.1) is 23.5 Å². The Hall–Kier alpha value is -3.97. The summed E-state index contributed by atoms with van der Waals surface area (Å²) in [5, 5.41) is 21.3. The molecule has 1 atom stereocenters. The van der Waals surface area contributed by atoms with Crippen molar-refractivity contribution >= 4 is 23.6 Å². The van der Waals surface area contributed by atoms with Crippen LogP contribution < -0.4 is 10.2 Å². The van der Waals surface area contributed by atoms with E-state index >= 15 is 0 Å². The topological polar surface area (TPSA) is 114 Å². The summed E-state index contributed by atoms with van der Waals surface area (Å²) in [4.78, 5) is 32.6. The van der Waals surface area contributed by atoms with Crippen LogP contribution in [0.25, 0.3) is 11.3 Å². The van der Waals surface area contributed by atoms with Crippen molar-refractivity contribution in [2.24, 2.45) is 0 Å². The molecule has 1 unspecified atom stereocenters. The molecule has 42 heavy (non-hydrogen) atoms. The van der Waals surface area contributed by atoms with Crippen molar-refractivity contribution < 1.29 is 32.6 Å². The predicted octanol–water partition coefficient (Wildman–Crippen LogP) is 3.99. The molecule has 0 spiro atoms. The van der Waals surface area contributed by atoms with Crippen LogP contribution in [-0.4, -0.2) is 111 Å². The first-order chi connectivity index (χ1) is 19.6. The van der Waals surface area contributed by atoms with E-state index in [0.29, 0.717) is 5.69 Å². The van der Waals surface area contributed by atoms with Gasteiger partial charge in [0.2, 0.25) is 0 Å². The number of alkyl halides is 2. The van der Waals surface area contributed by atoms with E-state index in [4.69, 9.17) is 4.74 Å². The van der Waals surface area contributed by atoms with Gasteiger partial charge in [-0.25, -0.2) is 22.8 Å². The number of carbonyl (C=O) groups excluding carboxylic acids is 2. The Morgan fingerprint density at radius 3 is 2.45 bits per heavy atom. The highest BCUT2D eigenvalue weighted by atomic mass is 19.3. The van der Waals surface area contributed by atoms with Gasteiger partial charge in [0.25, 0.3) is 6.43 Å². The summed E-state index contributed by atoms with van der Waals surface area (Å²) in [6.45, 7) is 9.54. The van der Waals surface area contributed by atoms with Crippen LogP contribution in [0.1, 0.15) is 34.6 Å². The van der Waals surface area contributed by atoms with E-state index in [1.807, 2.05) is 13.8 Å². The third-order valence-corrected chi connectivity index (χ3v) is 7.95. The number of hydrogen-bond acceptors (Lipinski definition) is 8. The second-order valence-electron chi connectivity index (χ2n) is 12.6. The summed E-state index contributed by atoms with van der Waals surface area (Å²) < 4.78 is 49.4. The monoisotopic (exact) mass is 591 g/mol. The van der Waals surface area contributed by atoms with Gasteiger partial charge >= 0.3 is 12.1 Å². The zero-order valence-corrected chi connectivity index (χ0v) is 24.3. The number of carbonyl (C=O) groups is 2. The fraction of sp³-hybridized carbons (Fsp3) is 0.571. The van der Waals surface area contributed by atoms with Crippen molar-refractivity contribution in [1.29, 1.82) is 0 Å². The van der Waals surface area contributed by atoms with Crippen LogP contribution in [0.4, 0.5) is 34.3 Å². The van der Waals surface area contributed by atoms with Gasteiger partial charge in [0.15, 0.2) is 17.4 Å². The largest absolute Gasteiger partial charge is 0.504 e. The SMILES string of the molecule is CC(C)(C)OC(=O)N1CCN(C(=O)N2CCN3c4cc(-c5cccc(F)c5O)nnc4NCC3(C(F)F)C2)C(C)(C)C1. The fourth-order valence-electron chi connectivity index (χ4n) is 5.84. The number of benzene rings is 1. The Bertz CT molecular complexity index is 1390. The highest BCUT2D eigenvalue weighted by Crippen LogP contribution is 2.43. The van der Waals surface area contributed by atoms with Gasteiger partial charge < -0.3 is 34.8 Å². The fourth-order valence-corrected chi connectivity index (χ4v) is 5.84. The second-order valence-corrected chi connectivity index (χ2v) is 12.6. The number of ether oxygens (including phenoxy) is 1. The van der Waals surface area contributed by atoms with Crippen molar-refractivity contribution in [3.8, 4) is 17.0 Å². The summed E-state index contributed by atoms with van der Waals surface area (Å²) in [5.41, 5.74) is -2.66. The molecular formula is C28H36F3N7O4. The number of aromatic nitrogens is 2. The quantitative estimate of drug-likeness (QED) is 0.539. The van der Waals surface area contributed by atoms with Crippen LogP contribution in [0.5, 0.6) is 5.75 Å². The van der Waals surface area contributed by atoms with Crippen LogP contribution in [-0.2, 0) is 4.74 Å². The summed E-state index contributed by atoms with van der Waals surface area (Å²) >= 11 is 0. The molecule has 1 aromatic heterocycles. The zero-order chi connectivity index (χ0) is 30.6. The van der Waals surface area contributed by atoms with Crippen molar-refractivity contribution in [2.75, 3.05) is 56.0 Å². The minimum atomic E-state index is -2.84. The van der Waals surface area contributed by atoms with Crippen molar-refractivity contribution in [2.45, 2.75) is 57.7 Å². The number of piperazine rings is 2. The van der Waals surface area contributed by atoms with Crippen LogP contribution in [0.3, 0.4) is 0 Å². The van der Waals surface area contributed by atoms with E-state index < -0.39 is 40.8 Å². The van der Waals surface area contributed by atoms with Crippen LogP contribution in [0.15, 0.2) is 24.3 Å². The van der Waals surface area contributed by atoms with E-state index in [0.717, 1.165) is 6.07 Å². The van der Waals surface area contributed by atoms with E-state index in [9.17, 15) is 27.9 Å². The summed E-state index contributed by atoms with van der Waals surface area (Å²) in [7, 11) is 0. The lowest BCUT2D eigenvalue weighted by Gasteiger charge is -2.55. The maximum absolute atomic E-state index is 15.0. The highest BCUT2D eigenvalue weighted by Gasteiger charge is 2.54. The Balaban J connectivity index is 1.37. The molecule has 11 nitrogen and oxygen atoms in total. The zero-order valence-electron chi connectivity index (χ0n) is 24.3. The summed E-state index contributed by atoms with van der Waals surface area (Å²) in [6, 6.07) is 5.09. The number of fused-ring (bicyclic) bond motifs is 3. The third kappa shape index (κ3) is 5.22. The van der Waals surface area contributed by atoms with Crippen molar-refractivity contribution in [3.63, 3.8) is 0 Å². The molecule has 3 aliphatic heterocycles. The number of phenolic OH excluding ortho intramolecular Hbond substituents is 1. The smallest absolute Gasteiger partial charge is 0.410 e.